The number of aromatic nitrogens is 2. The number of sulfone groups is 1. The Labute approximate surface area is 161 Å². The predicted molar refractivity (Wildman–Crippen MR) is 99.8 cm³/mol. The molecule has 0 unspecified atom stereocenters. The zero-order chi connectivity index (χ0) is 19.6. The second-order valence-corrected chi connectivity index (χ2v) is 10.2. The smallest absolute Gasteiger partial charge is 0.277 e. The second kappa shape index (κ2) is 7.97. The fourth-order valence-corrected chi connectivity index (χ4v) is 5.33. The molecule has 0 radical (unpaired) electrons. The molecule has 1 N–H and O–H groups in total. The van der Waals surface area contributed by atoms with Crippen LogP contribution in [0.15, 0.2) is 27.8 Å². The van der Waals surface area contributed by atoms with E-state index < -0.39 is 15.1 Å². The van der Waals surface area contributed by atoms with Crippen LogP contribution in [0.5, 0.6) is 0 Å². The highest BCUT2D eigenvalue weighted by Gasteiger charge is 2.29. The SMILES string of the molecule is Cc1ccc(NC(=O)[C@H](C)Sc2nnc(C[C@H]3CCS(=O)(=O)C3)o2)cc1F. The lowest BCUT2D eigenvalue weighted by Gasteiger charge is -2.10. The third-order valence-electron chi connectivity index (χ3n) is 4.32. The Morgan fingerprint density at radius 3 is 2.89 bits per heavy atom. The van der Waals surface area contributed by atoms with Gasteiger partial charge in [0.1, 0.15) is 5.82 Å². The van der Waals surface area contributed by atoms with Crippen LogP contribution in [0.25, 0.3) is 0 Å². The lowest BCUT2D eigenvalue weighted by molar-refractivity contribution is -0.115. The first-order valence-electron chi connectivity index (χ1n) is 8.48. The summed E-state index contributed by atoms with van der Waals surface area (Å²) in [5, 5.41) is 10.2. The molecule has 2 heterocycles. The summed E-state index contributed by atoms with van der Waals surface area (Å²) in [6.45, 7) is 3.32. The van der Waals surface area contributed by atoms with Gasteiger partial charge in [0.2, 0.25) is 11.8 Å². The summed E-state index contributed by atoms with van der Waals surface area (Å²) in [7, 11) is -2.95. The predicted octanol–water partition coefficient (Wildman–Crippen LogP) is 2.61. The van der Waals surface area contributed by atoms with Crippen LogP contribution in [0.3, 0.4) is 0 Å². The van der Waals surface area contributed by atoms with Gasteiger partial charge < -0.3 is 9.73 Å². The number of amides is 1. The molecule has 0 aliphatic carbocycles. The maximum absolute atomic E-state index is 13.6. The van der Waals surface area contributed by atoms with Crippen LogP contribution in [0.2, 0.25) is 0 Å². The average molecular weight is 413 g/mol. The fourth-order valence-electron chi connectivity index (χ4n) is 2.77. The number of nitrogens with one attached hydrogen (secondary N) is 1. The van der Waals surface area contributed by atoms with E-state index in [0.29, 0.717) is 30.0 Å². The van der Waals surface area contributed by atoms with Crippen LogP contribution < -0.4 is 5.32 Å². The largest absolute Gasteiger partial charge is 0.416 e. The van der Waals surface area contributed by atoms with Crippen LogP contribution in [0.4, 0.5) is 10.1 Å². The molecule has 7 nitrogen and oxygen atoms in total. The van der Waals surface area contributed by atoms with Crippen LogP contribution in [0, 0.1) is 18.7 Å². The normalized spacial score (nSPS) is 19.7. The standard InChI is InChI=1S/C17H20FN3O4S2/c1-10-3-4-13(8-14(10)18)19-16(22)11(2)26-17-21-20-15(25-17)7-12-5-6-27(23,24)9-12/h3-4,8,11-12H,5-7,9H2,1-2H3,(H,19,22)/t11-,12+/m0/s1. The number of carbonyl (C=O) groups excluding carboxylic acids is 1. The molecule has 10 heteroatoms. The lowest BCUT2D eigenvalue weighted by Crippen LogP contribution is -2.22. The van der Waals surface area contributed by atoms with Crippen molar-refractivity contribution in [1.82, 2.24) is 10.2 Å². The van der Waals surface area contributed by atoms with Gasteiger partial charge in [-0.25, -0.2) is 12.8 Å². The molecule has 1 aliphatic heterocycles. The minimum Gasteiger partial charge on any atom is -0.416 e. The zero-order valence-electron chi connectivity index (χ0n) is 14.9. The minimum absolute atomic E-state index is 0.00884. The fraction of sp³-hybridized carbons (Fsp3) is 0.471. The van der Waals surface area contributed by atoms with E-state index in [-0.39, 0.29) is 34.4 Å². The van der Waals surface area contributed by atoms with E-state index in [2.05, 4.69) is 15.5 Å². The summed E-state index contributed by atoms with van der Waals surface area (Å²) >= 11 is 1.09. The van der Waals surface area contributed by atoms with Gasteiger partial charge in [-0.2, -0.15) is 0 Å². The Morgan fingerprint density at radius 2 is 2.22 bits per heavy atom. The summed E-state index contributed by atoms with van der Waals surface area (Å²) in [6.07, 6.45) is 1.01. The first-order chi connectivity index (χ1) is 12.7. The number of aryl methyl sites for hydroxylation is 1. The van der Waals surface area contributed by atoms with Crippen LogP contribution in [0.1, 0.15) is 24.8 Å². The van der Waals surface area contributed by atoms with Gasteiger partial charge in [0.15, 0.2) is 9.84 Å². The van der Waals surface area contributed by atoms with Crippen molar-refractivity contribution < 1.29 is 22.0 Å². The van der Waals surface area contributed by atoms with Crippen LogP contribution in [-0.4, -0.2) is 41.3 Å². The summed E-state index contributed by atoms with van der Waals surface area (Å²) in [4.78, 5) is 12.3. The Kier molecular flexibility index (Phi) is 5.85. The summed E-state index contributed by atoms with van der Waals surface area (Å²) in [5.74, 6) is 0.000280. The Bertz CT molecular complexity index is 945. The van der Waals surface area contributed by atoms with Crippen LogP contribution >= 0.6 is 11.8 Å². The van der Waals surface area contributed by atoms with Crippen molar-refractivity contribution in [3.8, 4) is 0 Å². The monoisotopic (exact) mass is 413 g/mol. The molecular formula is C17H20FN3O4S2. The molecule has 0 saturated carbocycles. The molecule has 1 fully saturated rings. The molecule has 146 valence electrons. The highest BCUT2D eigenvalue weighted by Crippen LogP contribution is 2.26. The number of hydrogen-bond donors (Lipinski definition) is 1. The number of anilines is 1. The van der Waals surface area contributed by atoms with Crippen molar-refractivity contribution in [2.45, 2.75) is 37.2 Å². The molecule has 0 bridgehead atoms. The van der Waals surface area contributed by atoms with Gasteiger partial charge in [-0.3, -0.25) is 4.79 Å². The third-order valence-corrected chi connectivity index (χ3v) is 7.10. The molecule has 2 aromatic rings. The number of carbonyl (C=O) groups is 1. The number of hydrogen-bond acceptors (Lipinski definition) is 7. The van der Waals surface area contributed by atoms with Crippen molar-refractivity contribution in [2.75, 3.05) is 16.8 Å². The molecule has 27 heavy (non-hydrogen) atoms. The summed E-state index contributed by atoms with van der Waals surface area (Å²) < 4.78 is 42.1. The molecule has 1 aromatic carbocycles. The van der Waals surface area contributed by atoms with Crippen LogP contribution in [-0.2, 0) is 21.1 Å². The van der Waals surface area contributed by atoms with Gasteiger partial charge >= 0.3 is 0 Å². The molecule has 0 spiro atoms. The first kappa shape index (κ1) is 19.8. The quantitative estimate of drug-likeness (QED) is 0.726. The van der Waals surface area contributed by atoms with Crippen molar-refractivity contribution >= 4 is 33.2 Å². The van der Waals surface area contributed by atoms with Gasteiger partial charge in [-0.15, -0.1) is 10.2 Å². The topological polar surface area (TPSA) is 102 Å². The third kappa shape index (κ3) is 5.29. The molecule has 1 aliphatic rings. The molecule has 1 saturated heterocycles. The summed E-state index contributed by atoms with van der Waals surface area (Å²) in [6, 6.07) is 4.50. The molecule has 1 amide bonds. The average Bonchev–Trinajstić information content (AvgIpc) is 3.17. The second-order valence-electron chi connectivity index (χ2n) is 6.65. The van der Waals surface area contributed by atoms with Gasteiger partial charge in [-0.05, 0) is 43.9 Å². The maximum Gasteiger partial charge on any atom is 0.277 e. The van der Waals surface area contributed by atoms with Gasteiger partial charge in [0.05, 0.1) is 16.8 Å². The Balaban J connectivity index is 1.54. The molecule has 3 rings (SSSR count). The summed E-state index contributed by atoms with van der Waals surface area (Å²) in [5.41, 5.74) is 0.882. The van der Waals surface area contributed by atoms with Gasteiger partial charge in [0, 0.05) is 12.1 Å². The van der Waals surface area contributed by atoms with E-state index >= 15 is 0 Å². The number of nitrogens with zero attached hydrogens (tertiary/aromatic N) is 2. The maximum atomic E-state index is 13.6. The van der Waals surface area contributed by atoms with E-state index in [1.165, 1.54) is 6.07 Å². The van der Waals surface area contributed by atoms with E-state index in [9.17, 15) is 17.6 Å². The van der Waals surface area contributed by atoms with Crippen molar-refractivity contribution in [3.63, 3.8) is 0 Å². The highest BCUT2D eigenvalue weighted by molar-refractivity contribution is 8.00. The molecule has 2 atom stereocenters. The zero-order valence-corrected chi connectivity index (χ0v) is 16.6. The highest BCUT2D eigenvalue weighted by atomic mass is 32.2. The molecular weight excluding hydrogens is 393 g/mol. The number of halogens is 1. The van der Waals surface area contributed by atoms with Gasteiger partial charge in [0.25, 0.3) is 5.22 Å². The number of benzene rings is 1. The minimum atomic E-state index is -2.95. The Hall–Kier alpha value is -1.94. The van der Waals surface area contributed by atoms with Gasteiger partial charge in [-0.1, -0.05) is 17.8 Å². The van der Waals surface area contributed by atoms with Crippen molar-refractivity contribution in [1.29, 1.82) is 0 Å². The number of rotatable bonds is 6. The van der Waals surface area contributed by atoms with E-state index in [1.807, 2.05) is 0 Å². The first-order valence-corrected chi connectivity index (χ1v) is 11.2. The van der Waals surface area contributed by atoms with E-state index in [0.717, 1.165) is 11.8 Å². The lowest BCUT2D eigenvalue weighted by atomic mass is 10.1. The number of thioether (sulfide) groups is 1. The van der Waals surface area contributed by atoms with E-state index in [4.69, 9.17) is 4.42 Å². The van der Waals surface area contributed by atoms with Crippen molar-refractivity contribution in [3.05, 3.63) is 35.5 Å². The Morgan fingerprint density at radius 1 is 1.44 bits per heavy atom. The van der Waals surface area contributed by atoms with Crippen molar-refractivity contribution in [2.24, 2.45) is 5.92 Å². The van der Waals surface area contributed by atoms with E-state index in [1.54, 1.807) is 26.0 Å². The molecule has 1 aromatic heterocycles.